The van der Waals surface area contributed by atoms with Crippen LogP contribution in [0.5, 0.6) is 0 Å². The smallest absolute Gasteiger partial charge is 0.241 e. The Morgan fingerprint density at radius 2 is 2.43 bits per heavy atom. The average molecular weight is 215 g/mol. The van der Waals surface area contributed by atoms with Gasteiger partial charge in [-0.25, -0.2) is 0 Å². The van der Waals surface area contributed by atoms with E-state index in [1.165, 1.54) is 0 Å². The van der Waals surface area contributed by atoms with Gasteiger partial charge in [-0.1, -0.05) is 18.7 Å². The first-order valence-corrected chi connectivity index (χ1v) is 5.69. The average Bonchev–Trinajstić information content (AvgIpc) is 2.16. The van der Waals surface area contributed by atoms with E-state index >= 15 is 0 Å². The van der Waals surface area contributed by atoms with Crippen molar-refractivity contribution >= 4 is 22.8 Å². The molecule has 0 aromatic heterocycles. The third kappa shape index (κ3) is 3.57. The number of thioether (sulfide) groups is 1. The molecule has 1 rings (SSSR count). The first-order valence-electron chi connectivity index (χ1n) is 4.71. The van der Waals surface area contributed by atoms with Gasteiger partial charge in [-0.15, -0.1) is 0 Å². The van der Waals surface area contributed by atoms with Crippen LogP contribution in [0.25, 0.3) is 0 Å². The van der Waals surface area contributed by atoms with Crippen molar-refractivity contribution in [1.29, 1.82) is 0 Å². The number of nitrogens with zero attached hydrogens (tertiary/aromatic N) is 2. The second-order valence-electron chi connectivity index (χ2n) is 3.70. The molecule has 80 valence electrons. The maximum absolute atomic E-state index is 11.2. The van der Waals surface area contributed by atoms with Crippen LogP contribution in [0.4, 0.5) is 0 Å². The maximum Gasteiger partial charge on any atom is 0.241 e. The molecule has 0 fully saturated rings. The highest BCUT2D eigenvalue weighted by Gasteiger charge is 2.12. The van der Waals surface area contributed by atoms with E-state index < -0.39 is 0 Å². The van der Waals surface area contributed by atoms with Crippen LogP contribution in [0, 0.1) is 5.92 Å². The highest BCUT2D eigenvalue weighted by Crippen LogP contribution is 2.15. The van der Waals surface area contributed by atoms with Crippen LogP contribution in [0.3, 0.4) is 0 Å². The summed E-state index contributed by atoms with van der Waals surface area (Å²) in [7, 11) is 3.50. The molecule has 1 unspecified atom stereocenters. The minimum atomic E-state index is 0.0759. The van der Waals surface area contributed by atoms with Crippen LogP contribution in [-0.2, 0) is 4.79 Å². The van der Waals surface area contributed by atoms with Crippen LogP contribution >= 0.6 is 11.8 Å². The Balaban J connectivity index is 2.28. The van der Waals surface area contributed by atoms with Crippen LogP contribution in [0.2, 0.25) is 0 Å². The van der Waals surface area contributed by atoms with E-state index in [0.717, 1.165) is 17.5 Å². The molecule has 1 N–H and O–H groups in total. The molecule has 1 atom stereocenters. The minimum Gasteiger partial charge on any atom is -0.356 e. The summed E-state index contributed by atoms with van der Waals surface area (Å²) >= 11 is 1.69. The number of carbonyl (C=O) groups is 1. The molecule has 0 saturated carbocycles. The predicted molar refractivity (Wildman–Crippen MR) is 60.6 cm³/mol. The highest BCUT2D eigenvalue weighted by molar-refractivity contribution is 8.13. The second kappa shape index (κ2) is 5.24. The standard InChI is InChI=1S/C9H17N3OS/c1-7-4-10-9(14-6-7)11-5-8(13)12(2)3/h7H,4-6H2,1-3H3,(H,10,11). The van der Waals surface area contributed by atoms with Crippen LogP contribution < -0.4 is 5.32 Å². The van der Waals surface area contributed by atoms with Crippen molar-refractivity contribution in [2.24, 2.45) is 10.9 Å². The molecule has 1 heterocycles. The molecule has 1 amide bonds. The summed E-state index contributed by atoms with van der Waals surface area (Å²) in [5.41, 5.74) is 0. The Kier molecular flexibility index (Phi) is 4.25. The quantitative estimate of drug-likeness (QED) is 0.725. The van der Waals surface area contributed by atoms with Crippen molar-refractivity contribution in [2.45, 2.75) is 6.92 Å². The fourth-order valence-corrected chi connectivity index (χ4v) is 1.86. The van der Waals surface area contributed by atoms with Gasteiger partial charge < -0.3 is 10.2 Å². The molecule has 0 aromatic rings. The summed E-state index contributed by atoms with van der Waals surface area (Å²) in [6, 6.07) is 0. The van der Waals surface area contributed by atoms with E-state index in [1.807, 2.05) is 0 Å². The first kappa shape index (κ1) is 11.4. The number of nitrogens with one attached hydrogen (secondary N) is 1. The SMILES string of the molecule is CC1CN=C(NCC(=O)N(C)C)SC1. The Morgan fingerprint density at radius 3 is 2.93 bits per heavy atom. The van der Waals surface area contributed by atoms with Gasteiger partial charge in [-0.3, -0.25) is 9.79 Å². The molecule has 0 bridgehead atoms. The Hall–Kier alpha value is -0.710. The number of amidine groups is 1. The van der Waals surface area contributed by atoms with E-state index in [1.54, 1.807) is 30.8 Å². The summed E-state index contributed by atoms with van der Waals surface area (Å²) in [6.45, 7) is 3.39. The Bertz CT molecular complexity index is 240. The molecule has 0 aliphatic carbocycles. The molecule has 1 aliphatic rings. The van der Waals surface area contributed by atoms with E-state index in [2.05, 4.69) is 17.2 Å². The number of carbonyl (C=O) groups excluding carboxylic acids is 1. The third-order valence-electron chi connectivity index (χ3n) is 1.94. The van der Waals surface area contributed by atoms with Gasteiger partial charge in [0.15, 0.2) is 5.17 Å². The van der Waals surface area contributed by atoms with Gasteiger partial charge in [0, 0.05) is 26.4 Å². The zero-order chi connectivity index (χ0) is 10.6. The lowest BCUT2D eigenvalue weighted by molar-refractivity contribution is -0.127. The lowest BCUT2D eigenvalue weighted by Crippen LogP contribution is -2.36. The van der Waals surface area contributed by atoms with Crippen LogP contribution in [0.15, 0.2) is 4.99 Å². The van der Waals surface area contributed by atoms with Crippen molar-refractivity contribution in [2.75, 3.05) is 32.9 Å². The van der Waals surface area contributed by atoms with E-state index in [4.69, 9.17) is 0 Å². The van der Waals surface area contributed by atoms with Gasteiger partial charge in [0.1, 0.15) is 0 Å². The van der Waals surface area contributed by atoms with Gasteiger partial charge in [0.05, 0.1) is 6.54 Å². The fourth-order valence-electron chi connectivity index (χ4n) is 0.975. The highest BCUT2D eigenvalue weighted by atomic mass is 32.2. The van der Waals surface area contributed by atoms with Crippen LogP contribution in [0.1, 0.15) is 6.92 Å². The van der Waals surface area contributed by atoms with Gasteiger partial charge in [-0.05, 0) is 5.92 Å². The van der Waals surface area contributed by atoms with E-state index in [0.29, 0.717) is 12.5 Å². The lowest BCUT2D eigenvalue weighted by atomic mass is 10.2. The molecule has 0 saturated heterocycles. The molecule has 0 spiro atoms. The molecule has 0 aromatic carbocycles. The lowest BCUT2D eigenvalue weighted by Gasteiger charge is -2.18. The van der Waals surface area contributed by atoms with Crippen molar-refractivity contribution in [3.63, 3.8) is 0 Å². The van der Waals surface area contributed by atoms with Gasteiger partial charge >= 0.3 is 0 Å². The monoisotopic (exact) mass is 215 g/mol. The van der Waals surface area contributed by atoms with Crippen molar-refractivity contribution in [1.82, 2.24) is 10.2 Å². The Labute approximate surface area is 89.1 Å². The predicted octanol–water partition coefficient (Wildman–Crippen LogP) is 0.403. The molecular formula is C9H17N3OS. The second-order valence-corrected chi connectivity index (χ2v) is 4.71. The normalized spacial score (nSPS) is 21.4. The summed E-state index contributed by atoms with van der Waals surface area (Å²) in [4.78, 5) is 17.2. The molecule has 14 heavy (non-hydrogen) atoms. The zero-order valence-electron chi connectivity index (χ0n) is 8.91. The van der Waals surface area contributed by atoms with E-state index in [-0.39, 0.29) is 5.91 Å². The fraction of sp³-hybridized carbons (Fsp3) is 0.778. The van der Waals surface area contributed by atoms with Gasteiger partial charge in [0.2, 0.25) is 5.91 Å². The summed E-state index contributed by atoms with van der Waals surface area (Å²) < 4.78 is 0. The van der Waals surface area contributed by atoms with Crippen molar-refractivity contribution < 1.29 is 4.79 Å². The maximum atomic E-state index is 11.2. The number of likely N-dealkylation sites (N-methyl/N-ethyl adjacent to an activating group) is 1. The summed E-state index contributed by atoms with van der Waals surface area (Å²) in [5, 5.41) is 3.95. The number of rotatable bonds is 2. The summed E-state index contributed by atoms with van der Waals surface area (Å²) in [6.07, 6.45) is 0. The number of aliphatic imine (C=N–C) groups is 1. The van der Waals surface area contributed by atoms with Crippen molar-refractivity contribution in [3.8, 4) is 0 Å². The zero-order valence-corrected chi connectivity index (χ0v) is 9.73. The number of amides is 1. The molecule has 5 heteroatoms. The molecular weight excluding hydrogens is 198 g/mol. The third-order valence-corrected chi connectivity index (χ3v) is 3.22. The number of hydrogen-bond donors (Lipinski definition) is 1. The van der Waals surface area contributed by atoms with E-state index in [9.17, 15) is 4.79 Å². The first-order chi connectivity index (χ1) is 6.59. The van der Waals surface area contributed by atoms with Crippen molar-refractivity contribution in [3.05, 3.63) is 0 Å². The topological polar surface area (TPSA) is 44.7 Å². The minimum absolute atomic E-state index is 0.0759. The molecule has 0 radical (unpaired) electrons. The largest absolute Gasteiger partial charge is 0.356 e. The summed E-state index contributed by atoms with van der Waals surface area (Å²) in [5.74, 6) is 1.81. The molecule has 1 aliphatic heterocycles. The van der Waals surface area contributed by atoms with Gasteiger partial charge in [-0.2, -0.15) is 0 Å². The Morgan fingerprint density at radius 1 is 1.71 bits per heavy atom. The van der Waals surface area contributed by atoms with Crippen LogP contribution in [-0.4, -0.2) is 48.9 Å². The number of hydrogen-bond acceptors (Lipinski definition) is 4. The molecule has 4 nitrogen and oxygen atoms in total. The van der Waals surface area contributed by atoms with Gasteiger partial charge in [0.25, 0.3) is 0 Å².